The molecule has 3 nitrogen and oxygen atoms in total. The second-order valence-electron chi connectivity index (χ2n) is 4.08. The molecule has 2 heterocycles. The van der Waals surface area contributed by atoms with Crippen molar-refractivity contribution in [3.63, 3.8) is 0 Å². The summed E-state index contributed by atoms with van der Waals surface area (Å²) in [6, 6.07) is 10.3. The Morgan fingerprint density at radius 3 is 2.74 bits per heavy atom. The first kappa shape index (κ1) is 12.5. The highest BCUT2D eigenvalue weighted by atomic mass is 32.1. The average Bonchev–Trinajstić information content (AvgIpc) is 3.11. The minimum Gasteiger partial charge on any atom is -0.305 e. The van der Waals surface area contributed by atoms with Crippen molar-refractivity contribution >= 4 is 22.7 Å². The Morgan fingerprint density at radius 2 is 1.95 bits per heavy atom. The second-order valence-corrected chi connectivity index (χ2v) is 5.74. The Hall–Kier alpha value is -1.56. The van der Waals surface area contributed by atoms with Crippen LogP contribution in [0.4, 0.5) is 0 Å². The number of nitrogens with one attached hydrogen (secondary N) is 1. The largest absolute Gasteiger partial charge is 0.305 e. The van der Waals surface area contributed by atoms with E-state index in [1.807, 2.05) is 23.7 Å². The van der Waals surface area contributed by atoms with E-state index in [0.29, 0.717) is 0 Å². The van der Waals surface area contributed by atoms with Crippen LogP contribution in [0.1, 0.15) is 10.7 Å². The summed E-state index contributed by atoms with van der Waals surface area (Å²) in [4.78, 5) is 8.88. The highest BCUT2D eigenvalue weighted by Gasteiger charge is 2.04. The van der Waals surface area contributed by atoms with Gasteiger partial charge in [0, 0.05) is 29.4 Å². The van der Waals surface area contributed by atoms with Gasteiger partial charge in [-0.25, -0.2) is 9.97 Å². The third-order valence-corrected chi connectivity index (χ3v) is 4.17. The molecule has 1 aromatic carbocycles. The fraction of sp³-hybridized carbons (Fsp3) is 0.143. The molecule has 0 aliphatic rings. The molecular weight excluding hydrogens is 274 g/mol. The number of rotatable bonds is 5. The molecule has 0 radical (unpaired) electrons. The van der Waals surface area contributed by atoms with Crippen molar-refractivity contribution < 1.29 is 0 Å². The van der Waals surface area contributed by atoms with Gasteiger partial charge in [0.2, 0.25) is 0 Å². The Bertz CT molecular complexity index is 617. The number of nitrogens with zero attached hydrogens (tertiary/aromatic N) is 2. The van der Waals surface area contributed by atoms with Gasteiger partial charge in [-0.1, -0.05) is 30.3 Å². The van der Waals surface area contributed by atoms with Gasteiger partial charge in [0.15, 0.2) is 0 Å². The lowest BCUT2D eigenvalue weighted by Crippen LogP contribution is -2.12. The molecule has 3 rings (SSSR count). The summed E-state index contributed by atoms with van der Waals surface area (Å²) in [7, 11) is 0. The van der Waals surface area contributed by atoms with Crippen LogP contribution in [-0.4, -0.2) is 9.97 Å². The van der Waals surface area contributed by atoms with Crippen molar-refractivity contribution in [3.05, 3.63) is 57.3 Å². The summed E-state index contributed by atoms with van der Waals surface area (Å²) >= 11 is 3.31. The van der Waals surface area contributed by atoms with Crippen molar-refractivity contribution in [1.29, 1.82) is 0 Å². The van der Waals surface area contributed by atoms with Crippen LogP contribution in [0.3, 0.4) is 0 Å². The van der Waals surface area contributed by atoms with E-state index in [-0.39, 0.29) is 0 Å². The van der Waals surface area contributed by atoms with Gasteiger partial charge in [0.25, 0.3) is 0 Å². The SMILES string of the molecule is c1ccc(-c2csc(CNCc3cscn3)n2)cc1. The summed E-state index contributed by atoms with van der Waals surface area (Å²) in [6.45, 7) is 1.58. The summed E-state index contributed by atoms with van der Waals surface area (Å²) in [5, 5.41) is 8.63. The molecule has 0 aliphatic heterocycles. The van der Waals surface area contributed by atoms with Gasteiger partial charge in [-0.3, -0.25) is 0 Å². The normalized spacial score (nSPS) is 10.7. The highest BCUT2D eigenvalue weighted by molar-refractivity contribution is 7.10. The van der Waals surface area contributed by atoms with Crippen LogP contribution in [0.15, 0.2) is 46.6 Å². The highest BCUT2D eigenvalue weighted by Crippen LogP contribution is 2.21. The maximum Gasteiger partial charge on any atom is 0.107 e. The fourth-order valence-corrected chi connectivity index (χ4v) is 3.09. The number of hydrogen-bond donors (Lipinski definition) is 1. The van der Waals surface area contributed by atoms with E-state index in [1.54, 1.807) is 22.7 Å². The van der Waals surface area contributed by atoms with Gasteiger partial charge in [0.05, 0.1) is 16.9 Å². The minimum atomic E-state index is 0.787. The minimum absolute atomic E-state index is 0.787. The molecule has 2 aromatic heterocycles. The maximum atomic E-state index is 4.64. The zero-order valence-electron chi connectivity index (χ0n) is 10.2. The average molecular weight is 287 g/mol. The first-order valence-corrected chi connectivity index (χ1v) is 7.81. The molecule has 0 fully saturated rings. The topological polar surface area (TPSA) is 37.8 Å². The number of hydrogen-bond acceptors (Lipinski definition) is 5. The molecule has 0 saturated heterocycles. The fourth-order valence-electron chi connectivity index (χ4n) is 1.76. The quantitative estimate of drug-likeness (QED) is 0.779. The van der Waals surface area contributed by atoms with Crippen LogP contribution >= 0.6 is 22.7 Å². The number of aromatic nitrogens is 2. The summed E-state index contributed by atoms with van der Waals surface area (Å²) in [5.41, 5.74) is 5.17. The predicted molar refractivity (Wildman–Crippen MR) is 80.2 cm³/mol. The molecule has 0 aliphatic carbocycles. The van der Waals surface area contributed by atoms with Crippen LogP contribution in [0.25, 0.3) is 11.3 Å². The van der Waals surface area contributed by atoms with Gasteiger partial charge < -0.3 is 5.32 Å². The van der Waals surface area contributed by atoms with E-state index in [2.05, 4.69) is 38.2 Å². The van der Waals surface area contributed by atoms with Gasteiger partial charge in [-0.05, 0) is 0 Å². The van der Waals surface area contributed by atoms with Gasteiger partial charge in [-0.2, -0.15) is 0 Å². The molecule has 0 unspecified atom stereocenters. The predicted octanol–water partition coefficient (Wildman–Crippen LogP) is 3.56. The van der Waals surface area contributed by atoms with Crippen LogP contribution in [0, 0.1) is 0 Å². The Kier molecular flexibility index (Phi) is 3.98. The van der Waals surface area contributed by atoms with Crippen LogP contribution < -0.4 is 5.32 Å². The third kappa shape index (κ3) is 3.26. The van der Waals surface area contributed by atoms with Gasteiger partial charge in [0.1, 0.15) is 5.01 Å². The van der Waals surface area contributed by atoms with E-state index in [9.17, 15) is 0 Å². The van der Waals surface area contributed by atoms with Crippen LogP contribution in [-0.2, 0) is 13.1 Å². The molecule has 0 saturated carbocycles. The molecule has 0 atom stereocenters. The third-order valence-electron chi connectivity index (χ3n) is 2.69. The van der Waals surface area contributed by atoms with E-state index in [4.69, 9.17) is 0 Å². The molecule has 96 valence electrons. The Morgan fingerprint density at radius 1 is 1.05 bits per heavy atom. The Balaban J connectivity index is 1.59. The summed E-state index contributed by atoms with van der Waals surface area (Å²) in [5.74, 6) is 0. The molecular formula is C14H13N3S2. The molecule has 0 amide bonds. The lowest BCUT2D eigenvalue weighted by Gasteiger charge is -1.99. The van der Waals surface area contributed by atoms with Crippen molar-refractivity contribution in [2.75, 3.05) is 0 Å². The zero-order chi connectivity index (χ0) is 12.9. The van der Waals surface area contributed by atoms with E-state index >= 15 is 0 Å². The van der Waals surface area contributed by atoms with E-state index < -0.39 is 0 Å². The summed E-state index contributed by atoms with van der Waals surface area (Å²) < 4.78 is 0. The van der Waals surface area contributed by atoms with Gasteiger partial charge in [-0.15, -0.1) is 22.7 Å². The van der Waals surface area contributed by atoms with Crippen molar-refractivity contribution in [2.45, 2.75) is 13.1 Å². The molecule has 0 spiro atoms. The second kappa shape index (κ2) is 6.06. The Labute approximate surface area is 120 Å². The molecule has 1 N–H and O–H groups in total. The smallest absolute Gasteiger partial charge is 0.107 e. The van der Waals surface area contributed by atoms with E-state index in [0.717, 1.165) is 29.5 Å². The summed E-state index contributed by atoms with van der Waals surface area (Å²) in [6.07, 6.45) is 0. The lowest BCUT2D eigenvalue weighted by molar-refractivity contribution is 0.680. The zero-order valence-corrected chi connectivity index (χ0v) is 11.9. The van der Waals surface area contributed by atoms with Crippen LogP contribution in [0.2, 0.25) is 0 Å². The molecule has 5 heteroatoms. The standard InChI is InChI=1S/C14H13N3S2/c1-2-4-11(5-3-1)13-9-19-14(17-13)7-15-6-12-8-18-10-16-12/h1-5,8-10,15H,6-7H2. The molecule has 0 bridgehead atoms. The van der Waals surface area contributed by atoms with E-state index in [1.165, 1.54) is 5.56 Å². The lowest BCUT2D eigenvalue weighted by atomic mass is 10.2. The van der Waals surface area contributed by atoms with Gasteiger partial charge >= 0.3 is 0 Å². The number of benzene rings is 1. The van der Waals surface area contributed by atoms with Crippen molar-refractivity contribution in [2.24, 2.45) is 0 Å². The molecule has 19 heavy (non-hydrogen) atoms. The van der Waals surface area contributed by atoms with Crippen LogP contribution in [0.5, 0.6) is 0 Å². The number of thiazole rings is 2. The van der Waals surface area contributed by atoms with Crippen molar-refractivity contribution in [1.82, 2.24) is 15.3 Å². The molecule has 3 aromatic rings. The monoisotopic (exact) mass is 287 g/mol. The maximum absolute atomic E-state index is 4.64. The first-order chi connectivity index (χ1) is 9.42. The first-order valence-electron chi connectivity index (χ1n) is 5.99. The van der Waals surface area contributed by atoms with Crippen molar-refractivity contribution in [3.8, 4) is 11.3 Å².